The predicted molar refractivity (Wildman–Crippen MR) is 124 cm³/mol. The second-order valence-electron chi connectivity index (χ2n) is 6.52. The van der Waals surface area contributed by atoms with Crippen LogP contribution in [0.1, 0.15) is 11.1 Å². The van der Waals surface area contributed by atoms with Gasteiger partial charge in [0, 0.05) is 21.2 Å². The van der Waals surface area contributed by atoms with E-state index in [2.05, 4.69) is 10.3 Å². The van der Waals surface area contributed by atoms with Gasteiger partial charge in [-0.1, -0.05) is 47.5 Å². The minimum absolute atomic E-state index is 0.257. The maximum absolute atomic E-state index is 13.1. The lowest BCUT2D eigenvalue weighted by Crippen LogP contribution is -2.19. The van der Waals surface area contributed by atoms with Crippen molar-refractivity contribution in [3.63, 3.8) is 0 Å². The van der Waals surface area contributed by atoms with Crippen LogP contribution in [0.15, 0.2) is 76.6 Å². The number of ether oxygens (including phenoxy) is 1. The number of amidine groups is 1. The first-order valence-corrected chi connectivity index (χ1v) is 10.8. The van der Waals surface area contributed by atoms with E-state index in [0.29, 0.717) is 31.6 Å². The summed E-state index contributed by atoms with van der Waals surface area (Å²) in [5, 5.41) is 4.22. The number of aliphatic imine (C=N–C) groups is 1. The average Bonchev–Trinajstić information content (AvgIpc) is 3.09. The Hall–Kier alpha value is -2.80. The number of hydrogen-bond acceptors (Lipinski definition) is 4. The Kier molecular flexibility index (Phi) is 6.61. The first kappa shape index (κ1) is 21.4. The van der Waals surface area contributed by atoms with Gasteiger partial charge in [-0.25, -0.2) is 9.38 Å². The van der Waals surface area contributed by atoms with Crippen molar-refractivity contribution in [2.75, 3.05) is 0 Å². The molecular weight excluding hydrogens is 458 g/mol. The van der Waals surface area contributed by atoms with E-state index < -0.39 is 0 Å². The molecule has 4 rings (SSSR count). The molecule has 0 saturated carbocycles. The normalized spacial score (nSPS) is 16.0. The molecule has 1 saturated heterocycles. The van der Waals surface area contributed by atoms with Crippen LogP contribution in [-0.2, 0) is 11.4 Å². The molecule has 0 atom stereocenters. The third-order valence-corrected chi connectivity index (χ3v) is 5.81. The van der Waals surface area contributed by atoms with Crippen LogP contribution in [0.25, 0.3) is 6.08 Å². The number of rotatable bonds is 5. The summed E-state index contributed by atoms with van der Waals surface area (Å²) in [4.78, 5) is 17.2. The number of nitrogens with one attached hydrogen (secondary N) is 1. The number of nitrogens with zero attached hydrogens (tertiary/aromatic N) is 1. The Balaban J connectivity index is 1.52. The molecule has 0 aliphatic carbocycles. The van der Waals surface area contributed by atoms with Crippen LogP contribution >= 0.6 is 35.0 Å². The first-order chi connectivity index (χ1) is 15.0. The molecule has 1 aliphatic rings. The number of halogens is 3. The second kappa shape index (κ2) is 9.56. The minimum Gasteiger partial charge on any atom is -0.488 e. The van der Waals surface area contributed by atoms with Gasteiger partial charge in [0.1, 0.15) is 18.2 Å². The van der Waals surface area contributed by atoms with Crippen LogP contribution in [0.5, 0.6) is 5.75 Å². The summed E-state index contributed by atoms with van der Waals surface area (Å²) in [6.45, 7) is 0.257. The third-order valence-electron chi connectivity index (χ3n) is 4.31. The van der Waals surface area contributed by atoms with E-state index in [0.717, 1.165) is 11.1 Å². The number of amides is 1. The number of hydrogen-bond donors (Lipinski definition) is 1. The predicted octanol–water partition coefficient (Wildman–Crippen LogP) is 6.60. The summed E-state index contributed by atoms with van der Waals surface area (Å²) in [5.74, 6) is 0.00360. The minimum atomic E-state index is -0.343. The highest BCUT2D eigenvalue weighted by Crippen LogP contribution is 2.31. The highest BCUT2D eigenvalue weighted by molar-refractivity contribution is 8.18. The Labute approximate surface area is 192 Å². The molecule has 156 valence electrons. The van der Waals surface area contributed by atoms with Gasteiger partial charge in [0.25, 0.3) is 5.91 Å². The first-order valence-electron chi connectivity index (χ1n) is 9.19. The van der Waals surface area contributed by atoms with Crippen molar-refractivity contribution in [1.82, 2.24) is 5.32 Å². The van der Waals surface area contributed by atoms with E-state index in [4.69, 9.17) is 27.9 Å². The van der Waals surface area contributed by atoms with Gasteiger partial charge >= 0.3 is 0 Å². The molecule has 3 aromatic carbocycles. The molecule has 0 unspecified atom stereocenters. The summed E-state index contributed by atoms with van der Waals surface area (Å²) < 4.78 is 19.0. The van der Waals surface area contributed by atoms with Gasteiger partial charge in [-0.15, -0.1) is 0 Å². The second-order valence-corrected chi connectivity index (χ2v) is 8.39. The van der Waals surface area contributed by atoms with Gasteiger partial charge in [-0.3, -0.25) is 4.79 Å². The SMILES string of the molecule is O=C1NC(=Nc2ccc(F)cc2)S/C1=C/c1ccccc1OCc1ccc(Cl)cc1Cl. The number of thioether (sulfide) groups is 1. The summed E-state index contributed by atoms with van der Waals surface area (Å²) in [5.41, 5.74) is 2.09. The molecule has 0 bridgehead atoms. The monoisotopic (exact) mass is 472 g/mol. The zero-order valence-corrected chi connectivity index (χ0v) is 18.3. The third kappa shape index (κ3) is 5.47. The molecule has 1 aliphatic heterocycles. The Bertz CT molecular complexity index is 1200. The summed E-state index contributed by atoms with van der Waals surface area (Å²) in [6.07, 6.45) is 1.74. The van der Waals surface area contributed by atoms with Crippen molar-refractivity contribution in [2.45, 2.75) is 6.61 Å². The standard InChI is InChI=1S/C23H15Cl2FN2O2S/c24-16-6-5-15(19(25)12-16)13-30-20-4-2-1-3-14(20)11-21-22(29)28-23(31-21)27-18-9-7-17(26)8-10-18/h1-12H,13H2,(H,27,28,29)/b21-11+. The van der Waals surface area contributed by atoms with E-state index >= 15 is 0 Å². The lowest BCUT2D eigenvalue weighted by atomic mass is 10.2. The Morgan fingerprint density at radius 1 is 1.06 bits per heavy atom. The molecular formula is C23H15Cl2FN2O2S. The number of para-hydroxylation sites is 1. The fraction of sp³-hybridized carbons (Fsp3) is 0.0435. The van der Waals surface area contributed by atoms with Crippen molar-refractivity contribution in [1.29, 1.82) is 0 Å². The van der Waals surface area contributed by atoms with Gasteiger partial charge in [0.15, 0.2) is 5.17 Å². The van der Waals surface area contributed by atoms with Crippen LogP contribution in [0.2, 0.25) is 10.0 Å². The molecule has 1 amide bonds. The van der Waals surface area contributed by atoms with Gasteiger partial charge in [0.05, 0.1) is 10.6 Å². The zero-order valence-electron chi connectivity index (χ0n) is 15.9. The molecule has 0 radical (unpaired) electrons. The number of carbonyl (C=O) groups is 1. The lowest BCUT2D eigenvalue weighted by molar-refractivity contribution is -0.115. The lowest BCUT2D eigenvalue weighted by Gasteiger charge is -2.11. The van der Waals surface area contributed by atoms with E-state index in [9.17, 15) is 9.18 Å². The van der Waals surface area contributed by atoms with Gasteiger partial charge in [-0.2, -0.15) is 0 Å². The molecule has 3 aromatic rings. The topological polar surface area (TPSA) is 50.7 Å². The quantitative estimate of drug-likeness (QED) is 0.425. The Morgan fingerprint density at radius 2 is 1.84 bits per heavy atom. The number of carbonyl (C=O) groups excluding carboxylic acids is 1. The van der Waals surface area contributed by atoms with Crippen molar-refractivity contribution in [3.8, 4) is 5.75 Å². The highest BCUT2D eigenvalue weighted by Gasteiger charge is 2.24. The zero-order chi connectivity index (χ0) is 21.8. The molecule has 1 N–H and O–H groups in total. The Morgan fingerprint density at radius 3 is 2.61 bits per heavy atom. The highest BCUT2D eigenvalue weighted by atomic mass is 35.5. The van der Waals surface area contributed by atoms with Gasteiger partial charge in [-0.05, 0) is 60.3 Å². The smallest absolute Gasteiger partial charge is 0.264 e. The largest absolute Gasteiger partial charge is 0.488 e. The molecule has 0 spiro atoms. The van der Waals surface area contributed by atoms with Crippen molar-refractivity contribution in [3.05, 3.63) is 98.6 Å². The summed E-state index contributed by atoms with van der Waals surface area (Å²) >= 11 is 13.4. The number of benzene rings is 3. The fourth-order valence-electron chi connectivity index (χ4n) is 2.78. The molecule has 4 nitrogen and oxygen atoms in total. The average molecular weight is 473 g/mol. The maximum Gasteiger partial charge on any atom is 0.264 e. The molecule has 31 heavy (non-hydrogen) atoms. The molecule has 0 aromatic heterocycles. The maximum atomic E-state index is 13.1. The van der Waals surface area contributed by atoms with Crippen LogP contribution in [-0.4, -0.2) is 11.1 Å². The summed E-state index contributed by atoms with van der Waals surface area (Å²) in [7, 11) is 0. The van der Waals surface area contributed by atoms with Crippen LogP contribution in [0.3, 0.4) is 0 Å². The fourth-order valence-corrected chi connectivity index (χ4v) is 4.08. The van der Waals surface area contributed by atoms with Crippen LogP contribution < -0.4 is 10.1 Å². The van der Waals surface area contributed by atoms with E-state index in [1.807, 2.05) is 30.3 Å². The molecule has 1 fully saturated rings. The summed E-state index contributed by atoms with van der Waals surface area (Å²) in [6, 6.07) is 18.3. The van der Waals surface area contributed by atoms with Crippen molar-refractivity contribution >= 4 is 57.8 Å². The van der Waals surface area contributed by atoms with E-state index in [-0.39, 0.29) is 18.3 Å². The van der Waals surface area contributed by atoms with Gasteiger partial charge in [0.2, 0.25) is 0 Å². The molecule has 8 heteroatoms. The van der Waals surface area contributed by atoms with E-state index in [1.165, 1.54) is 23.9 Å². The van der Waals surface area contributed by atoms with E-state index in [1.54, 1.807) is 30.3 Å². The van der Waals surface area contributed by atoms with Crippen molar-refractivity contribution < 1.29 is 13.9 Å². The molecule has 1 heterocycles. The van der Waals surface area contributed by atoms with Crippen molar-refractivity contribution in [2.24, 2.45) is 4.99 Å². The van der Waals surface area contributed by atoms with Gasteiger partial charge < -0.3 is 10.1 Å². The van der Waals surface area contributed by atoms with Crippen LogP contribution in [0.4, 0.5) is 10.1 Å². The van der Waals surface area contributed by atoms with Crippen LogP contribution in [0, 0.1) is 5.82 Å².